The molecule has 1 aliphatic heterocycles. The molecule has 0 aliphatic carbocycles. The summed E-state index contributed by atoms with van der Waals surface area (Å²) in [4.78, 5) is 5.02. The van der Waals surface area contributed by atoms with Crippen molar-refractivity contribution in [2.24, 2.45) is 0 Å². The van der Waals surface area contributed by atoms with Crippen LogP contribution < -0.4 is 0 Å². The zero-order valence-corrected chi connectivity index (χ0v) is 14.3. The Morgan fingerprint density at radius 2 is 1.33 bits per heavy atom. The molecule has 0 atom stereocenters. The van der Waals surface area contributed by atoms with Gasteiger partial charge >= 0.3 is 0 Å². The number of hydrogen-bond acceptors (Lipinski definition) is 2. The first-order valence-corrected chi connectivity index (χ1v) is 9.03. The van der Waals surface area contributed by atoms with Gasteiger partial charge in [-0.15, -0.1) is 0 Å². The standard InChI is InChI=1S/C21H27FN2/c22-21-11-5-4-10-20(21)12-14-24-17-15-23(16-18-24)13-6-9-19-7-2-1-3-8-19/h1-5,7-8,10-11H,6,9,12-18H2. The second-order valence-electron chi connectivity index (χ2n) is 6.61. The Labute approximate surface area is 144 Å². The van der Waals surface area contributed by atoms with Crippen LogP contribution in [0.5, 0.6) is 0 Å². The van der Waals surface area contributed by atoms with Crippen LogP contribution in [0.25, 0.3) is 0 Å². The Kier molecular flexibility index (Phi) is 6.39. The molecular weight excluding hydrogens is 299 g/mol. The molecule has 2 aromatic carbocycles. The van der Waals surface area contributed by atoms with Crippen molar-refractivity contribution in [1.29, 1.82) is 0 Å². The van der Waals surface area contributed by atoms with E-state index in [0.717, 1.165) is 51.1 Å². The smallest absolute Gasteiger partial charge is 0.126 e. The number of hydrogen-bond donors (Lipinski definition) is 0. The van der Waals surface area contributed by atoms with Gasteiger partial charge < -0.3 is 9.80 Å². The van der Waals surface area contributed by atoms with Crippen molar-refractivity contribution in [3.05, 3.63) is 71.5 Å². The van der Waals surface area contributed by atoms with Gasteiger partial charge in [-0.2, -0.15) is 0 Å². The second-order valence-corrected chi connectivity index (χ2v) is 6.61. The van der Waals surface area contributed by atoms with E-state index in [4.69, 9.17) is 0 Å². The molecule has 3 heteroatoms. The van der Waals surface area contributed by atoms with E-state index in [2.05, 4.69) is 40.1 Å². The summed E-state index contributed by atoms with van der Waals surface area (Å²) in [7, 11) is 0. The van der Waals surface area contributed by atoms with Gasteiger partial charge in [0, 0.05) is 32.7 Å². The molecule has 0 aromatic heterocycles. The fraction of sp³-hybridized carbons (Fsp3) is 0.429. The Balaban J connectivity index is 1.33. The van der Waals surface area contributed by atoms with Crippen molar-refractivity contribution in [3.63, 3.8) is 0 Å². The minimum absolute atomic E-state index is 0.0722. The molecule has 1 heterocycles. The normalized spacial score (nSPS) is 16.4. The van der Waals surface area contributed by atoms with Crippen LogP contribution in [0, 0.1) is 5.82 Å². The van der Waals surface area contributed by atoms with E-state index in [1.165, 1.54) is 18.5 Å². The lowest BCUT2D eigenvalue weighted by atomic mass is 10.1. The quantitative estimate of drug-likeness (QED) is 0.767. The minimum atomic E-state index is -0.0722. The zero-order chi connectivity index (χ0) is 16.6. The highest BCUT2D eigenvalue weighted by molar-refractivity contribution is 5.17. The van der Waals surface area contributed by atoms with Gasteiger partial charge in [-0.1, -0.05) is 48.5 Å². The summed E-state index contributed by atoms with van der Waals surface area (Å²) in [6, 6.07) is 17.9. The zero-order valence-electron chi connectivity index (χ0n) is 14.3. The molecule has 2 nitrogen and oxygen atoms in total. The van der Waals surface area contributed by atoms with Gasteiger partial charge in [0.15, 0.2) is 0 Å². The molecule has 2 aromatic rings. The van der Waals surface area contributed by atoms with E-state index >= 15 is 0 Å². The van der Waals surface area contributed by atoms with Crippen LogP contribution in [-0.2, 0) is 12.8 Å². The third-order valence-electron chi connectivity index (χ3n) is 4.90. The molecule has 0 amide bonds. The van der Waals surface area contributed by atoms with Gasteiger partial charge in [-0.25, -0.2) is 4.39 Å². The lowest BCUT2D eigenvalue weighted by molar-refractivity contribution is 0.132. The number of aryl methyl sites for hydroxylation is 1. The van der Waals surface area contributed by atoms with E-state index in [-0.39, 0.29) is 5.82 Å². The summed E-state index contributed by atoms with van der Waals surface area (Å²) in [5.41, 5.74) is 2.27. The molecule has 24 heavy (non-hydrogen) atoms. The number of piperazine rings is 1. The summed E-state index contributed by atoms with van der Waals surface area (Å²) in [5, 5.41) is 0. The number of nitrogens with zero attached hydrogens (tertiary/aromatic N) is 2. The predicted molar refractivity (Wildman–Crippen MR) is 97.7 cm³/mol. The summed E-state index contributed by atoms with van der Waals surface area (Å²) in [6.07, 6.45) is 3.19. The maximum Gasteiger partial charge on any atom is 0.126 e. The summed E-state index contributed by atoms with van der Waals surface area (Å²) in [6.45, 7) is 6.59. The van der Waals surface area contributed by atoms with Gasteiger partial charge in [0.05, 0.1) is 0 Å². The van der Waals surface area contributed by atoms with E-state index in [9.17, 15) is 4.39 Å². The SMILES string of the molecule is Fc1ccccc1CCN1CCN(CCCc2ccccc2)CC1. The van der Waals surface area contributed by atoms with Crippen LogP contribution in [-0.4, -0.2) is 49.1 Å². The van der Waals surface area contributed by atoms with Gasteiger partial charge in [0.1, 0.15) is 5.82 Å². The van der Waals surface area contributed by atoms with Gasteiger partial charge in [0.25, 0.3) is 0 Å². The van der Waals surface area contributed by atoms with Crippen LogP contribution in [0.15, 0.2) is 54.6 Å². The van der Waals surface area contributed by atoms with Crippen molar-refractivity contribution in [3.8, 4) is 0 Å². The third-order valence-corrected chi connectivity index (χ3v) is 4.90. The Morgan fingerprint density at radius 3 is 2.04 bits per heavy atom. The van der Waals surface area contributed by atoms with Gasteiger partial charge in [-0.05, 0) is 43.0 Å². The second kappa shape index (κ2) is 8.95. The molecule has 1 saturated heterocycles. The first-order chi connectivity index (χ1) is 11.8. The maximum absolute atomic E-state index is 13.7. The summed E-state index contributed by atoms with van der Waals surface area (Å²) in [5.74, 6) is -0.0722. The molecule has 1 fully saturated rings. The first-order valence-electron chi connectivity index (χ1n) is 9.03. The number of benzene rings is 2. The Bertz CT molecular complexity index is 606. The van der Waals surface area contributed by atoms with Crippen molar-refractivity contribution in [2.75, 3.05) is 39.3 Å². The molecule has 1 aliphatic rings. The van der Waals surface area contributed by atoms with Gasteiger partial charge in [-0.3, -0.25) is 0 Å². The van der Waals surface area contributed by atoms with Crippen LogP contribution in [0.2, 0.25) is 0 Å². The molecule has 0 spiro atoms. The first kappa shape index (κ1) is 17.1. The summed E-state index contributed by atoms with van der Waals surface area (Å²) < 4.78 is 13.7. The summed E-state index contributed by atoms with van der Waals surface area (Å²) >= 11 is 0. The lowest BCUT2D eigenvalue weighted by Crippen LogP contribution is -2.47. The largest absolute Gasteiger partial charge is 0.301 e. The molecule has 0 saturated carbocycles. The van der Waals surface area contributed by atoms with Crippen molar-refractivity contribution >= 4 is 0 Å². The fourth-order valence-corrected chi connectivity index (χ4v) is 3.37. The Morgan fingerprint density at radius 1 is 0.708 bits per heavy atom. The van der Waals surface area contributed by atoms with Crippen LogP contribution in [0.3, 0.4) is 0 Å². The van der Waals surface area contributed by atoms with E-state index in [1.807, 2.05) is 12.1 Å². The van der Waals surface area contributed by atoms with Crippen molar-refractivity contribution in [2.45, 2.75) is 19.3 Å². The molecule has 0 unspecified atom stereocenters. The highest BCUT2D eigenvalue weighted by atomic mass is 19.1. The van der Waals surface area contributed by atoms with Gasteiger partial charge in [0.2, 0.25) is 0 Å². The van der Waals surface area contributed by atoms with Crippen molar-refractivity contribution in [1.82, 2.24) is 9.80 Å². The fourth-order valence-electron chi connectivity index (χ4n) is 3.37. The molecule has 0 radical (unpaired) electrons. The van der Waals surface area contributed by atoms with E-state index in [1.54, 1.807) is 12.1 Å². The van der Waals surface area contributed by atoms with Crippen molar-refractivity contribution < 1.29 is 4.39 Å². The number of halogens is 1. The average Bonchev–Trinajstić information content (AvgIpc) is 2.63. The highest BCUT2D eigenvalue weighted by Crippen LogP contribution is 2.10. The Hall–Kier alpha value is -1.71. The van der Waals surface area contributed by atoms with Crippen LogP contribution in [0.1, 0.15) is 17.5 Å². The predicted octanol–water partition coefficient (Wildman–Crippen LogP) is 3.62. The third kappa shape index (κ3) is 5.15. The lowest BCUT2D eigenvalue weighted by Gasteiger charge is -2.34. The molecule has 0 N–H and O–H groups in total. The average molecular weight is 326 g/mol. The maximum atomic E-state index is 13.7. The van der Waals surface area contributed by atoms with Crippen LogP contribution >= 0.6 is 0 Å². The molecule has 0 bridgehead atoms. The van der Waals surface area contributed by atoms with E-state index < -0.39 is 0 Å². The highest BCUT2D eigenvalue weighted by Gasteiger charge is 2.16. The minimum Gasteiger partial charge on any atom is -0.301 e. The van der Waals surface area contributed by atoms with E-state index in [0.29, 0.717) is 0 Å². The van der Waals surface area contributed by atoms with Crippen LogP contribution in [0.4, 0.5) is 4.39 Å². The number of rotatable bonds is 7. The molecule has 3 rings (SSSR count). The molecule has 128 valence electrons. The monoisotopic (exact) mass is 326 g/mol. The molecular formula is C21H27FN2. The topological polar surface area (TPSA) is 6.48 Å².